The number of thiophene rings is 1. The SMILES string of the molecule is CCn1nc(C)c(Br)c1C(=O)NC1CCC(C(N)c2scc(C)c2C)CC1. The molecule has 148 valence electrons. The monoisotopic (exact) mass is 452 g/mol. The van der Waals surface area contributed by atoms with E-state index in [0.29, 0.717) is 18.2 Å². The smallest absolute Gasteiger partial charge is 0.270 e. The molecule has 1 aliphatic rings. The van der Waals surface area contributed by atoms with Crippen LogP contribution in [0.25, 0.3) is 0 Å². The molecule has 0 spiro atoms. The van der Waals surface area contributed by atoms with Crippen molar-refractivity contribution >= 4 is 33.2 Å². The highest BCUT2D eigenvalue weighted by Gasteiger charge is 2.30. The summed E-state index contributed by atoms with van der Waals surface area (Å²) < 4.78 is 2.55. The van der Waals surface area contributed by atoms with Crippen LogP contribution in [-0.4, -0.2) is 21.7 Å². The molecule has 2 aromatic rings. The fourth-order valence-corrected chi connectivity index (χ4v) is 5.58. The van der Waals surface area contributed by atoms with E-state index < -0.39 is 0 Å². The van der Waals surface area contributed by atoms with Crippen molar-refractivity contribution in [2.75, 3.05) is 0 Å². The molecule has 0 aliphatic heterocycles. The fourth-order valence-electron chi connectivity index (χ4n) is 3.95. The molecule has 2 heterocycles. The maximum Gasteiger partial charge on any atom is 0.270 e. The van der Waals surface area contributed by atoms with Crippen molar-refractivity contribution in [1.82, 2.24) is 15.1 Å². The molecule has 27 heavy (non-hydrogen) atoms. The van der Waals surface area contributed by atoms with Gasteiger partial charge in [-0.05, 0) is 91.7 Å². The first kappa shape index (κ1) is 20.6. The zero-order chi connectivity index (χ0) is 19.7. The second-order valence-electron chi connectivity index (χ2n) is 7.58. The van der Waals surface area contributed by atoms with Gasteiger partial charge in [0.05, 0.1) is 10.2 Å². The van der Waals surface area contributed by atoms with Gasteiger partial charge in [-0.25, -0.2) is 0 Å². The number of nitrogens with zero attached hydrogens (tertiary/aromatic N) is 2. The van der Waals surface area contributed by atoms with Crippen LogP contribution >= 0.6 is 27.3 Å². The third kappa shape index (κ3) is 4.15. The molecule has 3 rings (SSSR count). The predicted octanol–water partition coefficient (Wildman–Crippen LogP) is 4.64. The second kappa shape index (κ2) is 8.45. The molecule has 1 fully saturated rings. The van der Waals surface area contributed by atoms with E-state index in [1.165, 1.54) is 16.0 Å². The summed E-state index contributed by atoms with van der Waals surface area (Å²) >= 11 is 5.30. The molecule has 5 nitrogen and oxygen atoms in total. The molecule has 1 amide bonds. The van der Waals surface area contributed by atoms with E-state index in [9.17, 15) is 4.79 Å². The minimum absolute atomic E-state index is 0.0400. The van der Waals surface area contributed by atoms with Crippen molar-refractivity contribution in [2.45, 2.75) is 72.0 Å². The Labute approximate surface area is 173 Å². The second-order valence-corrected chi connectivity index (χ2v) is 9.29. The number of nitrogens with one attached hydrogen (secondary N) is 1. The van der Waals surface area contributed by atoms with Gasteiger partial charge in [-0.2, -0.15) is 5.10 Å². The van der Waals surface area contributed by atoms with E-state index in [4.69, 9.17) is 5.73 Å². The Morgan fingerprint density at radius 1 is 1.37 bits per heavy atom. The van der Waals surface area contributed by atoms with Crippen LogP contribution in [0.15, 0.2) is 9.85 Å². The van der Waals surface area contributed by atoms with Crippen LogP contribution < -0.4 is 11.1 Å². The van der Waals surface area contributed by atoms with Crippen LogP contribution in [0.1, 0.15) is 70.8 Å². The van der Waals surface area contributed by atoms with Crippen LogP contribution in [0.5, 0.6) is 0 Å². The lowest BCUT2D eigenvalue weighted by Crippen LogP contribution is -2.40. The lowest BCUT2D eigenvalue weighted by atomic mass is 9.80. The first-order valence-electron chi connectivity index (χ1n) is 9.67. The van der Waals surface area contributed by atoms with Crippen molar-refractivity contribution in [3.8, 4) is 0 Å². The number of carbonyl (C=O) groups excluding carboxylic acids is 1. The normalized spacial score (nSPS) is 21.3. The lowest BCUT2D eigenvalue weighted by molar-refractivity contribution is 0.0908. The summed E-state index contributed by atoms with van der Waals surface area (Å²) in [4.78, 5) is 14.1. The van der Waals surface area contributed by atoms with E-state index in [2.05, 4.69) is 45.6 Å². The third-order valence-corrected chi connectivity index (χ3v) is 8.06. The summed E-state index contributed by atoms with van der Waals surface area (Å²) in [5.74, 6) is 0.451. The van der Waals surface area contributed by atoms with E-state index in [1.54, 1.807) is 16.0 Å². The standard InChI is InChI=1S/C20H29BrN4OS/c1-5-25-18(16(21)13(4)24-25)20(26)23-15-8-6-14(7-9-15)17(22)19-12(3)11(2)10-27-19/h10,14-15,17H,5-9,22H2,1-4H3,(H,23,26). The molecule has 1 saturated carbocycles. The van der Waals surface area contributed by atoms with Gasteiger partial charge in [-0.1, -0.05) is 0 Å². The number of rotatable bonds is 5. The quantitative estimate of drug-likeness (QED) is 0.693. The maximum absolute atomic E-state index is 12.8. The minimum Gasteiger partial charge on any atom is -0.348 e. The highest BCUT2D eigenvalue weighted by molar-refractivity contribution is 9.10. The number of aryl methyl sites for hydroxylation is 3. The summed E-state index contributed by atoms with van der Waals surface area (Å²) in [5.41, 5.74) is 10.7. The first-order chi connectivity index (χ1) is 12.8. The van der Waals surface area contributed by atoms with Crippen molar-refractivity contribution < 1.29 is 4.79 Å². The highest BCUT2D eigenvalue weighted by atomic mass is 79.9. The average molecular weight is 453 g/mol. The molecule has 1 aliphatic carbocycles. The molecule has 3 N–H and O–H groups in total. The van der Waals surface area contributed by atoms with Crippen molar-refractivity contribution in [2.24, 2.45) is 11.7 Å². The van der Waals surface area contributed by atoms with Crippen LogP contribution in [-0.2, 0) is 6.54 Å². The van der Waals surface area contributed by atoms with Crippen LogP contribution in [0, 0.1) is 26.7 Å². The van der Waals surface area contributed by atoms with Gasteiger partial charge in [0.1, 0.15) is 5.69 Å². The van der Waals surface area contributed by atoms with Crippen molar-refractivity contribution in [3.63, 3.8) is 0 Å². The summed E-state index contributed by atoms with van der Waals surface area (Å²) in [5, 5.41) is 9.83. The van der Waals surface area contributed by atoms with E-state index in [1.807, 2.05) is 13.8 Å². The molecule has 2 aromatic heterocycles. The van der Waals surface area contributed by atoms with Gasteiger partial charge >= 0.3 is 0 Å². The van der Waals surface area contributed by atoms with Crippen LogP contribution in [0.3, 0.4) is 0 Å². The minimum atomic E-state index is -0.0400. The molecular formula is C20H29BrN4OS. The van der Waals surface area contributed by atoms with Gasteiger partial charge in [0.2, 0.25) is 0 Å². The number of hydrogen-bond donors (Lipinski definition) is 2. The Morgan fingerprint density at radius 2 is 2.04 bits per heavy atom. The summed E-state index contributed by atoms with van der Waals surface area (Å²) in [7, 11) is 0. The number of carbonyl (C=O) groups is 1. The van der Waals surface area contributed by atoms with E-state index in [-0.39, 0.29) is 18.0 Å². The Balaban J connectivity index is 1.60. The van der Waals surface area contributed by atoms with Gasteiger partial charge in [-0.3, -0.25) is 9.48 Å². The van der Waals surface area contributed by atoms with Gasteiger partial charge in [0.25, 0.3) is 5.91 Å². The fraction of sp³-hybridized carbons (Fsp3) is 0.600. The lowest BCUT2D eigenvalue weighted by Gasteiger charge is -2.32. The van der Waals surface area contributed by atoms with Crippen molar-refractivity contribution in [1.29, 1.82) is 0 Å². The van der Waals surface area contributed by atoms with Gasteiger partial charge in [-0.15, -0.1) is 11.3 Å². The molecule has 0 bridgehead atoms. The third-order valence-electron chi connectivity index (χ3n) is 5.81. The number of aromatic nitrogens is 2. The molecule has 0 aromatic carbocycles. The number of amides is 1. The topological polar surface area (TPSA) is 72.9 Å². The highest BCUT2D eigenvalue weighted by Crippen LogP contribution is 2.37. The van der Waals surface area contributed by atoms with E-state index in [0.717, 1.165) is 35.8 Å². The maximum atomic E-state index is 12.8. The zero-order valence-electron chi connectivity index (χ0n) is 16.5. The van der Waals surface area contributed by atoms with Crippen LogP contribution in [0.2, 0.25) is 0 Å². The first-order valence-corrected chi connectivity index (χ1v) is 11.3. The zero-order valence-corrected chi connectivity index (χ0v) is 18.9. The molecule has 1 unspecified atom stereocenters. The number of nitrogens with two attached hydrogens (primary N) is 1. The van der Waals surface area contributed by atoms with Gasteiger partial charge in [0, 0.05) is 23.5 Å². The Kier molecular flexibility index (Phi) is 6.43. The molecule has 0 saturated heterocycles. The van der Waals surface area contributed by atoms with Gasteiger partial charge in [0.15, 0.2) is 0 Å². The van der Waals surface area contributed by atoms with Crippen molar-refractivity contribution in [3.05, 3.63) is 37.2 Å². The largest absolute Gasteiger partial charge is 0.348 e. The average Bonchev–Trinajstić information content (AvgIpc) is 3.14. The molecule has 7 heteroatoms. The Hall–Kier alpha value is -1.18. The molecule has 1 atom stereocenters. The Morgan fingerprint density at radius 3 is 2.59 bits per heavy atom. The predicted molar refractivity (Wildman–Crippen MR) is 114 cm³/mol. The number of hydrogen-bond acceptors (Lipinski definition) is 4. The van der Waals surface area contributed by atoms with Crippen LogP contribution in [0.4, 0.5) is 0 Å². The summed E-state index contributed by atoms with van der Waals surface area (Å²) in [6, 6.07) is 0.318. The summed E-state index contributed by atoms with van der Waals surface area (Å²) in [6.45, 7) is 8.90. The Bertz CT molecular complexity index is 820. The molecular weight excluding hydrogens is 424 g/mol. The number of halogens is 1. The van der Waals surface area contributed by atoms with E-state index >= 15 is 0 Å². The molecule has 0 radical (unpaired) electrons. The van der Waals surface area contributed by atoms with Gasteiger partial charge < -0.3 is 11.1 Å². The summed E-state index contributed by atoms with van der Waals surface area (Å²) in [6.07, 6.45) is 4.06.